The Labute approximate surface area is 91.3 Å². The zero-order valence-corrected chi connectivity index (χ0v) is 9.57. The molecule has 1 aromatic carbocycles. The highest BCUT2D eigenvalue weighted by atomic mass is 16.5. The van der Waals surface area contributed by atoms with Gasteiger partial charge in [0.05, 0.1) is 12.5 Å². The van der Waals surface area contributed by atoms with E-state index in [0.717, 1.165) is 0 Å². The molecule has 0 bridgehead atoms. The van der Waals surface area contributed by atoms with Gasteiger partial charge in [-0.3, -0.25) is 4.79 Å². The van der Waals surface area contributed by atoms with Crippen LogP contribution in [0.3, 0.4) is 0 Å². The second kappa shape index (κ2) is 5.54. The van der Waals surface area contributed by atoms with Crippen molar-refractivity contribution in [1.82, 2.24) is 0 Å². The highest BCUT2D eigenvalue weighted by molar-refractivity contribution is 5.73. The van der Waals surface area contributed by atoms with Gasteiger partial charge in [-0.2, -0.15) is 0 Å². The molecule has 2 nitrogen and oxygen atoms in total. The van der Waals surface area contributed by atoms with E-state index in [1.807, 2.05) is 44.2 Å². The lowest BCUT2D eigenvalue weighted by Gasteiger charge is -2.18. The number of ether oxygens (including phenoxy) is 1. The van der Waals surface area contributed by atoms with E-state index in [2.05, 4.69) is 6.92 Å². The standard InChI is InChI=1S/C13H18O2/c1-4-15-13(14)11(3)10(2)12-8-6-5-7-9-12/h5-11H,4H2,1-3H3/t10-,11+/m1/s1. The second-order valence-corrected chi connectivity index (χ2v) is 3.74. The Morgan fingerprint density at radius 1 is 1.27 bits per heavy atom. The highest BCUT2D eigenvalue weighted by Gasteiger charge is 2.22. The summed E-state index contributed by atoms with van der Waals surface area (Å²) >= 11 is 0. The topological polar surface area (TPSA) is 26.3 Å². The van der Waals surface area contributed by atoms with Gasteiger partial charge in [-0.05, 0) is 18.4 Å². The Morgan fingerprint density at radius 3 is 2.40 bits per heavy atom. The van der Waals surface area contributed by atoms with Crippen LogP contribution in [0.4, 0.5) is 0 Å². The van der Waals surface area contributed by atoms with Gasteiger partial charge in [-0.15, -0.1) is 0 Å². The van der Waals surface area contributed by atoms with Gasteiger partial charge in [0.2, 0.25) is 0 Å². The normalized spacial score (nSPS) is 14.3. The first-order chi connectivity index (χ1) is 7.16. The Bertz CT molecular complexity index is 306. The molecule has 0 aliphatic heterocycles. The molecule has 0 aromatic heterocycles. The van der Waals surface area contributed by atoms with Crippen LogP contribution in [0.15, 0.2) is 30.3 Å². The minimum Gasteiger partial charge on any atom is -0.466 e. The van der Waals surface area contributed by atoms with Crippen LogP contribution in [0.1, 0.15) is 32.3 Å². The maximum absolute atomic E-state index is 11.5. The molecule has 0 saturated heterocycles. The summed E-state index contributed by atoms with van der Waals surface area (Å²) in [5.74, 6) is -0.00791. The van der Waals surface area contributed by atoms with Crippen molar-refractivity contribution in [2.24, 2.45) is 5.92 Å². The van der Waals surface area contributed by atoms with Gasteiger partial charge in [0.25, 0.3) is 0 Å². The van der Waals surface area contributed by atoms with Crippen LogP contribution in [0.5, 0.6) is 0 Å². The van der Waals surface area contributed by atoms with Crippen molar-refractivity contribution < 1.29 is 9.53 Å². The Balaban J connectivity index is 2.68. The molecule has 0 N–H and O–H groups in total. The summed E-state index contributed by atoms with van der Waals surface area (Å²) in [5, 5.41) is 0. The second-order valence-electron chi connectivity index (χ2n) is 3.74. The van der Waals surface area contributed by atoms with Crippen LogP contribution in [0.25, 0.3) is 0 Å². The number of carbonyl (C=O) groups excluding carboxylic acids is 1. The van der Waals surface area contributed by atoms with Crippen molar-refractivity contribution in [2.75, 3.05) is 6.61 Å². The number of hydrogen-bond acceptors (Lipinski definition) is 2. The average molecular weight is 206 g/mol. The summed E-state index contributed by atoms with van der Waals surface area (Å²) in [6.45, 7) is 6.25. The molecule has 0 aliphatic rings. The van der Waals surface area contributed by atoms with E-state index in [9.17, 15) is 4.79 Å². The number of benzene rings is 1. The van der Waals surface area contributed by atoms with Gasteiger partial charge in [-0.1, -0.05) is 44.2 Å². The summed E-state index contributed by atoms with van der Waals surface area (Å²) in [5.41, 5.74) is 1.18. The molecule has 0 aliphatic carbocycles. The molecule has 82 valence electrons. The minimum absolute atomic E-state index is 0.0904. The fraction of sp³-hybridized carbons (Fsp3) is 0.462. The van der Waals surface area contributed by atoms with Gasteiger partial charge in [-0.25, -0.2) is 0 Å². The first kappa shape index (κ1) is 11.8. The van der Waals surface area contributed by atoms with Crippen LogP contribution in [0, 0.1) is 5.92 Å². The van der Waals surface area contributed by atoms with Crippen LogP contribution in [-0.2, 0) is 9.53 Å². The molecule has 1 aromatic rings. The lowest BCUT2D eigenvalue weighted by atomic mass is 9.89. The van der Waals surface area contributed by atoms with Crippen molar-refractivity contribution in [3.8, 4) is 0 Å². The van der Waals surface area contributed by atoms with E-state index in [4.69, 9.17) is 4.74 Å². The molecule has 0 fully saturated rings. The molecular weight excluding hydrogens is 188 g/mol. The zero-order chi connectivity index (χ0) is 11.3. The molecule has 0 saturated carbocycles. The molecule has 0 unspecified atom stereocenters. The third-order valence-electron chi connectivity index (χ3n) is 2.73. The quantitative estimate of drug-likeness (QED) is 0.708. The number of esters is 1. The predicted octanol–water partition coefficient (Wildman–Crippen LogP) is 2.99. The van der Waals surface area contributed by atoms with Crippen LogP contribution in [0.2, 0.25) is 0 Å². The summed E-state index contributed by atoms with van der Waals surface area (Å²) in [6, 6.07) is 10.0. The maximum Gasteiger partial charge on any atom is 0.309 e. The SMILES string of the molecule is CCOC(=O)[C@@H](C)[C@@H](C)c1ccccc1. The minimum atomic E-state index is -0.117. The van der Waals surface area contributed by atoms with Gasteiger partial charge >= 0.3 is 5.97 Å². The van der Waals surface area contributed by atoms with E-state index in [1.165, 1.54) is 5.56 Å². The van der Waals surface area contributed by atoms with Crippen molar-refractivity contribution in [3.05, 3.63) is 35.9 Å². The van der Waals surface area contributed by atoms with E-state index in [0.29, 0.717) is 6.61 Å². The highest BCUT2D eigenvalue weighted by Crippen LogP contribution is 2.24. The van der Waals surface area contributed by atoms with Gasteiger partial charge in [0, 0.05) is 0 Å². The summed E-state index contributed by atoms with van der Waals surface area (Å²) < 4.78 is 5.01. The molecule has 1 rings (SSSR count). The Kier molecular flexibility index (Phi) is 4.35. The number of carbonyl (C=O) groups is 1. The number of hydrogen-bond donors (Lipinski definition) is 0. The largest absolute Gasteiger partial charge is 0.466 e. The van der Waals surface area contributed by atoms with E-state index >= 15 is 0 Å². The predicted molar refractivity (Wildman–Crippen MR) is 60.7 cm³/mol. The molecular formula is C13H18O2. The van der Waals surface area contributed by atoms with Gasteiger partial charge < -0.3 is 4.74 Å². The molecule has 0 radical (unpaired) electrons. The molecule has 0 spiro atoms. The van der Waals surface area contributed by atoms with Crippen molar-refractivity contribution >= 4 is 5.97 Å². The van der Waals surface area contributed by atoms with Gasteiger partial charge in [0.1, 0.15) is 0 Å². The van der Waals surface area contributed by atoms with Crippen LogP contribution >= 0.6 is 0 Å². The van der Waals surface area contributed by atoms with E-state index in [1.54, 1.807) is 0 Å². The van der Waals surface area contributed by atoms with Crippen molar-refractivity contribution in [2.45, 2.75) is 26.7 Å². The molecule has 15 heavy (non-hydrogen) atoms. The first-order valence-corrected chi connectivity index (χ1v) is 5.38. The summed E-state index contributed by atoms with van der Waals surface area (Å²) in [7, 11) is 0. The van der Waals surface area contributed by atoms with Crippen molar-refractivity contribution in [1.29, 1.82) is 0 Å². The maximum atomic E-state index is 11.5. The van der Waals surface area contributed by atoms with Crippen LogP contribution in [-0.4, -0.2) is 12.6 Å². The Morgan fingerprint density at radius 2 is 1.87 bits per heavy atom. The number of rotatable bonds is 4. The monoisotopic (exact) mass is 206 g/mol. The van der Waals surface area contributed by atoms with E-state index < -0.39 is 0 Å². The molecule has 2 heteroatoms. The van der Waals surface area contributed by atoms with Crippen molar-refractivity contribution in [3.63, 3.8) is 0 Å². The van der Waals surface area contributed by atoms with Crippen LogP contribution < -0.4 is 0 Å². The third-order valence-corrected chi connectivity index (χ3v) is 2.73. The van der Waals surface area contributed by atoms with E-state index in [-0.39, 0.29) is 17.8 Å². The average Bonchev–Trinajstić information content (AvgIpc) is 2.28. The fourth-order valence-corrected chi connectivity index (χ4v) is 1.52. The lowest BCUT2D eigenvalue weighted by Crippen LogP contribution is -2.20. The molecule has 2 atom stereocenters. The summed E-state index contributed by atoms with van der Waals surface area (Å²) in [4.78, 5) is 11.5. The fourth-order valence-electron chi connectivity index (χ4n) is 1.52. The smallest absolute Gasteiger partial charge is 0.309 e. The Hall–Kier alpha value is -1.31. The lowest BCUT2D eigenvalue weighted by molar-refractivity contribution is -0.148. The zero-order valence-electron chi connectivity index (χ0n) is 9.57. The first-order valence-electron chi connectivity index (χ1n) is 5.38. The third kappa shape index (κ3) is 3.08. The molecule has 0 amide bonds. The van der Waals surface area contributed by atoms with Gasteiger partial charge in [0.15, 0.2) is 0 Å². The summed E-state index contributed by atoms with van der Waals surface area (Å²) in [6.07, 6.45) is 0. The molecule has 0 heterocycles.